The molecule has 3 heterocycles. The Hall–Kier alpha value is -2.00. The van der Waals surface area contributed by atoms with Gasteiger partial charge in [-0.3, -0.25) is 14.8 Å². The van der Waals surface area contributed by atoms with E-state index >= 15 is 0 Å². The normalized spacial score (nSPS) is 24.5. The lowest BCUT2D eigenvalue weighted by molar-refractivity contribution is -0.121. The van der Waals surface area contributed by atoms with Gasteiger partial charge in [0.1, 0.15) is 12.0 Å². The van der Waals surface area contributed by atoms with Gasteiger partial charge in [0, 0.05) is 42.1 Å². The number of aromatic nitrogens is 3. The van der Waals surface area contributed by atoms with E-state index in [1.165, 1.54) is 0 Å². The van der Waals surface area contributed by atoms with Gasteiger partial charge in [0.05, 0.1) is 23.9 Å². The first-order valence-corrected chi connectivity index (χ1v) is 11.3. The Morgan fingerprint density at radius 1 is 1.32 bits per heavy atom. The molecule has 168 valence electrons. The van der Waals surface area contributed by atoms with Crippen molar-refractivity contribution in [1.82, 2.24) is 20.1 Å². The molecule has 2 aliphatic rings. The number of ether oxygens (including phenoxy) is 1. The predicted octanol–water partition coefficient (Wildman–Crippen LogP) is 2.98. The Morgan fingerprint density at radius 2 is 2.16 bits per heavy atom. The van der Waals surface area contributed by atoms with E-state index in [-0.39, 0.29) is 24.0 Å². The lowest BCUT2D eigenvalue weighted by Crippen LogP contribution is -2.42. The van der Waals surface area contributed by atoms with Crippen molar-refractivity contribution in [1.29, 1.82) is 0 Å². The van der Waals surface area contributed by atoms with E-state index in [1.807, 2.05) is 16.9 Å². The highest BCUT2D eigenvalue weighted by Crippen LogP contribution is 2.34. The summed E-state index contributed by atoms with van der Waals surface area (Å²) >= 11 is 6.47. The average Bonchev–Trinajstić information content (AvgIpc) is 3.17. The quantitative estimate of drug-likeness (QED) is 0.588. The zero-order chi connectivity index (χ0) is 22.0. The molecule has 2 aromatic heterocycles. The number of anilines is 1. The van der Waals surface area contributed by atoms with E-state index in [1.54, 1.807) is 20.2 Å². The largest absolute Gasteiger partial charge is 0.380 e. The van der Waals surface area contributed by atoms with E-state index in [9.17, 15) is 9.90 Å². The zero-order valence-electron chi connectivity index (χ0n) is 18.0. The number of hydrogen-bond donors (Lipinski definition) is 3. The summed E-state index contributed by atoms with van der Waals surface area (Å²) in [5.41, 5.74) is 2.91. The number of carbonyl (C=O) groups is 1. The number of nitrogens with one attached hydrogen (secondary N) is 2. The maximum Gasteiger partial charge on any atom is 0.228 e. The van der Waals surface area contributed by atoms with Crippen molar-refractivity contribution in [2.75, 3.05) is 12.4 Å². The molecular weight excluding hydrogens is 418 g/mol. The SMILES string of the molecule is COC1CCc2c(-c3cc(NC(=O)[C@H]4CCC[C@@H](NC(C)O)C4)ncc3Cl)cnn2C1. The molecule has 0 radical (unpaired) electrons. The molecule has 1 aliphatic carbocycles. The summed E-state index contributed by atoms with van der Waals surface area (Å²) in [7, 11) is 1.73. The molecule has 1 fully saturated rings. The summed E-state index contributed by atoms with van der Waals surface area (Å²) in [5.74, 6) is 0.333. The van der Waals surface area contributed by atoms with Crippen LogP contribution in [0.2, 0.25) is 5.02 Å². The van der Waals surface area contributed by atoms with Crippen LogP contribution < -0.4 is 10.6 Å². The van der Waals surface area contributed by atoms with Crippen molar-refractivity contribution in [3.05, 3.63) is 29.2 Å². The molecular formula is C22H30ClN5O3. The van der Waals surface area contributed by atoms with E-state index < -0.39 is 6.23 Å². The number of halogens is 1. The Kier molecular flexibility index (Phi) is 6.91. The number of hydrogen-bond acceptors (Lipinski definition) is 6. The van der Waals surface area contributed by atoms with Crippen LogP contribution in [0.5, 0.6) is 0 Å². The summed E-state index contributed by atoms with van der Waals surface area (Å²) in [4.78, 5) is 17.2. The Labute approximate surface area is 187 Å². The Morgan fingerprint density at radius 3 is 2.94 bits per heavy atom. The first-order chi connectivity index (χ1) is 14.9. The van der Waals surface area contributed by atoms with Gasteiger partial charge in [0.15, 0.2) is 0 Å². The summed E-state index contributed by atoms with van der Waals surface area (Å²) in [6.07, 6.45) is 8.25. The highest BCUT2D eigenvalue weighted by Gasteiger charge is 2.28. The van der Waals surface area contributed by atoms with Crippen molar-refractivity contribution in [3.63, 3.8) is 0 Å². The molecule has 1 saturated carbocycles. The van der Waals surface area contributed by atoms with Gasteiger partial charge in [0.25, 0.3) is 0 Å². The van der Waals surface area contributed by atoms with Gasteiger partial charge in [-0.1, -0.05) is 18.0 Å². The van der Waals surface area contributed by atoms with Crippen molar-refractivity contribution in [2.24, 2.45) is 5.92 Å². The molecule has 0 bridgehead atoms. The molecule has 1 amide bonds. The van der Waals surface area contributed by atoms with Gasteiger partial charge in [-0.05, 0) is 45.1 Å². The highest BCUT2D eigenvalue weighted by atomic mass is 35.5. The zero-order valence-corrected chi connectivity index (χ0v) is 18.7. The van der Waals surface area contributed by atoms with Crippen LogP contribution in [0, 0.1) is 5.92 Å². The number of aliphatic hydroxyl groups excluding tert-OH is 1. The topological polar surface area (TPSA) is 101 Å². The van der Waals surface area contributed by atoms with Crippen molar-refractivity contribution < 1.29 is 14.6 Å². The maximum atomic E-state index is 12.9. The van der Waals surface area contributed by atoms with Crippen LogP contribution in [0.15, 0.2) is 18.5 Å². The standard InChI is InChI=1S/C22H30ClN5O3/c1-13(29)26-15-5-3-4-14(8-15)22(30)27-21-9-17(19(23)11-24-21)18-10-25-28-12-16(31-2)6-7-20(18)28/h9-11,13-16,26,29H,3-8,12H2,1-2H3,(H,24,27,30)/t13?,14-,15+,16?/m0/s1. The van der Waals surface area contributed by atoms with Crippen LogP contribution >= 0.6 is 11.6 Å². The van der Waals surface area contributed by atoms with Gasteiger partial charge in [-0.2, -0.15) is 5.10 Å². The molecule has 0 aromatic carbocycles. The van der Waals surface area contributed by atoms with Crippen LogP contribution in [-0.2, 0) is 22.5 Å². The first kappa shape index (κ1) is 22.2. The van der Waals surface area contributed by atoms with Gasteiger partial charge < -0.3 is 15.2 Å². The lowest BCUT2D eigenvalue weighted by Gasteiger charge is -2.30. The molecule has 4 atom stereocenters. The second-order valence-corrected chi connectivity index (χ2v) is 8.93. The van der Waals surface area contributed by atoms with Crippen molar-refractivity contribution in [2.45, 2.75) is 70.4 Å². The van der Waals surface area contributed by atoms with Gasteiger partial charge in [-0.15, -0.1) is 0 Å². The van der Waals surface area contributed by atoms with Crippen LogP contribution in [0.1, 0.15) is 44.7 Å². The van der Waals surface area contributed by atoms with Gasteiger partial charge >= 0.3 is 0 Å². The van der Waals surface area contributed by atoms with E-state index in [2.05, 4.69) is 20.7 Å². The fourth-order valence-corrected chi connectivity index (χ4v) is 4.90. The minimum atomic E-state index is -0.576. The van der Waals surface area contributed by atoms with Crippen LogP contribution in [0.3, 0.4) is 0 Å². The molecule has 3 N–H and O–H groups in total. The number of rotatable bonds is 6. The third kappa shape index (κ3) is 5.09. The van der Waals surface area contributed by atoms with Gasteiger partial charge in [0.2, 0.25) is 5.91 Å². The molecule has 0 spiro atoms. The summed E-state index contributed by atoms with van der Waals surface area (Å²) in [5, 5.41) is 20.7. The molecule has 2 aromatic rings. The maximum absolute atomic E-state index is 12.9. The van der Waals surface area contributed by atoms with E-state index in [4.69, 9.17) is 16.3 Å². The van der Waals surface area contributed by atoms with Crippen molar-refractivity contribution in [3.8, 4) is 11.1 Å². The number of aliphatic hydroxyl groups is 1. The number of amides is 1. The Balaban J connectivity index is 1.49. The lowest BCUT2D eigenvalue weighted by atomic mass is 9.85. The third-order valence-electron chi connectivity index (χ3n) is 6.28. The van der Waals surface area contributed by atoms with E-state index in [0.29, 0.717) is 17.3 Å². The second kappa shape index (κ2) is 9.65. The van der Waals surface area contributed by atoms with Crippen LogP contribution in [0.25, 0.3) is 11.1 Å². The number of nitrogens with zero attached hydrogens (tertiary/aromatic N) is 3. The molecule has 4 rings (SSSR count). The molecule has 9 heteroatoms. The fourth-order valence-electron chi connectivity index (χ4n) is 4.69. The molecule has 2 unspecified atom stereocenters. The monoisotopic (exact) mass is 447 g/mol. The summed E-state index contributed by atoms with van der Waals surface area (Å²) in [6, 6.07) is 1.97. The number of methoxy groups -OCH3 is 1. The number of pyridine rings is 1. The predicted molar refractivity (Wildman–Crippen MR) is 119 cm³/mol. The van der Waals surface area contributed by atoms with Crippen LogP contribution in [0.4, 0.5) is 5.82 Å². The summed E-state index contributed by atoms with van der Waals surface area (Å²) < 4.78 is 7.44. The summed E-state index contributed by atoms with van der Waals surface area (Å²) in [6.45, 7) is 2.43. The van der Waals surface area contributed by atoms with E-state index in [0.717, 1.165) is 55.5 Å². The van der Waals surface area contributed by atoms with Crippen molar-refractivity contribution >= 4 is 23.3 Å². The Bertz CT molecular complexity index is 932. The van der Waals surface area contributed by atoms with Crippen LogP contribution in [-0.4, -0.2) is 51.3 Å². The molecule has 0 saturated heterocycles. The number of fused-ring (bicyclic) bond motifs is 1. The highest BCUT2D eigenvalue weighted by molar-refractivity contribution is 6.33. The minimum Gasteiger partial charge on any atom is -0.380 e. The third-order valence-corrected chi connectivity index (χ3v) is 6.58. The average molecular weight is 448 g/mol. The van der Waals surface area contributed by atoms with Gasteiger partial charge in [-0.25, -0.2) is 4.98 Å². The fraction of sp³-hybridized carbons (Fsp3) is 0.591. The molecule has 31 heavy (non-hydrogen) atoms. The second-order valence-electron chi connectivity index (χ2n) is 8.53. The molecule has 8 nitrogen and oxygen atoms in total. The smallest absolute Gasteiger partial charge is 0.228 e. The molecule has 1 aliphatic heterocycles. The number of carbonyl (C=O) groups excluding carboxylic acids is 1. The minimum absolute atomic E-state index is 0.0437. The first-order valence-electron chi connectivity index (χ1n) is 10.9.